The van der Waals surface area contributed by atoms with Crippen molar-refractivity contribution in [3.8, 4) is 5.75 Å². The van der Waals surface area contributed by atoms with E-state index in [2.05, 4.69) is 24.9 Å². The van der Waals surface area contributed by atoms with Crippen LogP contribution in [-0.4, -0.2) is 4.98 Å². The Kier molecular flexibility index (Phi) is 6.53. The zero-order chi connectivity index (χ0) is 15.9. The molecule has 2 aromatic rings. The Balaban J connectivity index is 1.98. The minimum atomic E-state index is 0.426. The second-order valence-electron chi connectivity index (χ2n) is 5.43. The number of halogens is 2. The van der Waals surface area contributed by atoms with Gasteiger partial charge in [0.15, 0.2) is 0 Å². The second-order valence-corrected chi connectivity index (χ2v) is 6.22. The first-order valence-electron chi connectivity index (χ1n) is 7.64. The Morgan fingerprint density at radius 3 is 2.36 bits per heavy atom. The van der Waals surface area contributed by atoms with E-state index < -0.39 is 0 Å². The smallest absolute Gasteiger partial charge is 0.138 e. The normalized spacial score (nSPS) is 11.0. The van der Waals surface area contributed by atoms with Crippen molar-refractivity contribution in [3.05, 3.63) is 57.8 Å². The molecule has 4 heteroatoms. The first kappa shape index (κ1) is 17.1. The van der Waals surface area contributed by atoms with E-state index in [4.69, 9.17) is 27.9 Å². The van der Waals surface area contributed by atoms with Gasteiger partial charge >= 0.3 is 0 Å². The maximum atomic E-state index is 6.33. The fourth-order valence-corrected chi connectivity index (χ4v) is 2.72. The number of hydrogen-bond donors (Lipinski definition) is 0. The molecule has 0 amide bonds. The van der Waals surface area contributed by atoms with Crippen molar-refractivity contribution in [2.24, 2.45) is 5.92 Å². The lowest BCUT2D eigenvalue weighted by molar-refractivity contribution is 0.306. The van der Waals surface area contributed by atoms with Gasteiger partial charge < -0.3 is 4.74 Å². The number of pyridine rings is 1. The second kappa shape index (κ2) is 8.40. The fraction of sp³-hybridized carbons (Fsp3) is 0.389. The number of aromatic nitrogens is 1. The summed E-state index contributed by atoms with van der Waals surface area (Å²) in [4.78, 5) is 4.03. The van der Waals surface area contributed by atoms with Crippen LogP contribution in [0.15, 0.2) is 36.5 Å². The predicted molar refractivity (Wildman–Crippen MR) is 92.8 cm³/mol. The lowest BCUT2D eigenvalue weighted by Gasteiger charge is -2.14. The van der Waals surface area contributed by atoms with Crippen LogP contribution in [0.1, 0.15) is 37.8 Å². The molecule has 0 radical (unpaired) electrons. The summed E-state index contributed by atoms with van der Waals surface area (Å²) in [6.07, 6.45) is 5.15. The summed E-state index contributed by atoms with van der Waals surface area (Å²) in [7, 11) is 0. The highest BCUT2D eigenvalue weighted by atomic mass is 35.5. The van der Waals surface area contributed by atoms with Crippen LogP contribution < -0.4 is 4.74 Å². The van der Waals surface area contributed by atoms with E-state index in [-0.39, 0.29) is 0 Å². The third kappa shape index (κ3) is 4.89. The van der Waals surface area contributed by atoms with E-state index in [1.165, 1.54) is 18.4 Å². The van der Waals surface area contributed by atoms with Crippen molar-refractivity contribution >= 4 is 23.2 Å². The van der Waals surface area contributed by atoms with Crippen LogP contribution in [0.4, 0.5) is 0 Å². The van der Waals surface area contributed by atoms with Gasteiger partial charge in [-0.2, -0.15) is 0 Å². The van der Waals surface area contributed by atoms with Gasteiger partial charge in [-0.05, 0) is 36.1 Å². The van der Waals surface area contributed by atoms with E-state index in [1.54, 1.807) is 12.3 Å². The first-order valence-corrected chi connectivity index (χ1v) is 8.39. The summed E-state index contributed by atoms with van der Waals surface area (Å²) in [5.74, 6) is 1.41. The Morgan fingerprint density at radius 2 is 1.77 bits per heavy atom. The molecule has 2 nitrogen and oxygen atoms in total. The van der Waals surface area contributed by atoms with Gasteiger partial charge in [-0.15, -0.1) is 0 Å². The summed E-state index contributed by atoms with van der Waals surface area (Å²) in [5.41, 5.74) is 2.22. The average molecular weight is 338 g/mol. The van der Waals surface area contributed by atoms with Crippen molar-refractivity contribution in [1.82, 2.24) is 4.98 Å². The van der Waals surface area contributed by atoms with E-state index in [9.17, 15) is 0 Å². The summed E-state index contributed by atoms with van der Waals surface area (Å²) in [5, 5.41) is 1.14. The fourth-order valence-electron chi connectivity index (χ4n) is 2.35. The number of hydrogen-bond acceptors (Lipinski definition) is 2. The van der Waals surface area contributed by atoms with Gasteiger partial charge in [0.05, 0.1) is 5.02 Å². The molecule has 0 aliphatic carbocycles. The molecule has 0 saturated heterocycles. The monoisotopic (exact) mass is 337 g/mol. The minimum absolute atomic E-state index is 0.426. The van der Waals surface area contributed by atoms with E-state index in [0.29, 0.717) is 28.5 Å². The molecule has 1 aromatic heterocycles. The van der Waals surface area contributed by atoms with E-state index in [0.717, 1.165) is 12.0 Å². The van der Waals surface area contributed by atoms with Gasteiger partial charge in [-0.1, -0.05) is 62.0 Å². The molecule has 1 aromatic carbocycles. The lowest BCUT2D eigenvalue weighted by Crippen LogP contribution is -2.02. The van der Waals surface area contributed by atoms with Crippen LogP contribution >= 0.6 is 23.2 Å². The predicted octanol–water partition coefficient (Wildman–Crippen LogP) is 5.95. The van der Waals surface area contributed by atoms with Crippen molar-refractivity contribution in [2.45, 2.75) is 39.7 Å². The Morgan fingerprint density at radius 1 is 1.05 bits per heavy atom. The minimum Gasteiger partial charge on any atom is -0.487 e. The maximum absolute atomic E-state index is 6.33. The standard InChI is InChI=1S/C18H21Cl2NO/c1-3-13(4-2)9-14-5-7-17(16(19)10-14)22-12-15-6-8-18(20)21-11-15/h5-8,10-11,13H,3-4,9,12H2,1-2H3. The van der Waals surface area contributed by atoms with Gasteiger partial charge in [-0.25, -0.2) is 4.98 Å². The molecule has 0 bridgehead atoms. The highest BCUT2D eigenvalue weighted by Gasteiger charge is 2.08. The molecule has 2 rings (SSSR count). The van der Waals surface area contributed by atoms with Crippen LogP contribution in [-0.2, 0) is 13.0 Å². The molecular formula is C18H21Cl2NO. The molecule has 0 N–H and O–H groups in total. The highest BCUT2D eigenvalue weighted by Crippen LogP contribution is 2.28. The van der Waals surface area contributed by atoms with Gasteiger partial charge in [0.1, 0.15) is 17.5 Å². The molecule has 0 atom stereocenters. The summed E-state index contributed by atoms with van der Waals surface area (Å²) < 4.78 is 5.76. The van der Waals surface area contributed by atoms with Gasteiger partial charge in [0, 0.05) is 11.8 Å². The summed E-state index contributed by atoms with van der Waals surface area (Å²) in [6, 6.07) is 9.70. The zero-order valence-electron chi connectivity index (χ0n) is 13.0. The number of ether oxygens (including phenoxy) is 1. The largest absolute Gasteiger partial charge is 0.487 e. The van der Waals surface area contributed by atoms with Crippen molar-refractivity contribution in [3.63, 3.8) is 0 Å². The molecule has 0 fully saturated rings. The van der Waals surface area contributed by atoms with Crippen LogP contribution in [0.25, 0.3) is 0 Å². The first-order chi connectivity index (χ1) is 10.6. The molecule has 0 aliphatic heterocycles. The quantitative estimate of drug-likeness (QED) is 0.582. The van der Waals surface area contributed by atoms with Crippen LogP contribution in [0.5, 0.6) is 5.75 Å². The summed E-state index contributed by atoms with van der Waals surface area (Å²) >= 11 is 12.1. The molecule has 1 heterocycles. The number of nitrogens with zero attached hydrogens (tertiary/aromatic N) is 1. The average Bonchev–Trinajstić information content (AvgIpc) is 2.53. The maximum Gasteiger partial charge on any atom is 0.138 e. The third-order valence-corrected chi connectivity index (χ3v) is 4.38. The van der Waals surface area contributed by atoms with Crippen molar-refractivity contribution in [2.75, 3.05) is 0 Å². The SMILES string of the molecule is CCC(CC)Cc1ccc(OCc2ccc(Cl)nc2)c(Cl)c1. The van der Waals surface area contributed by atoms with E-state index >= 15 is 0 Å². The molecular weight excluding hydrogens is 317 g/mol. The molecule has 0 aliphatic rings. The Labute approximate surface area is 142 Å². The van der Waals surface area contributed by atoms with E-state index in [1.807, 2.05) is 18.2 Å². The van der Waals surface area contributed by atoms with Crippen LogP contribution in [0.2, 0.25) is 10.2 Å². The van der Waals surface area contributed by atoms with Gasteiger partial charge in [0.25, 0.3) is 0 Å². The van der Waals surface area contributed by atoms with Crippen molar-refractivity contribution < 1.29 is 4.74 Å². The van der Waals surface area contributed by atoms with Gasteiger partial charge in [0.2, 0.25) is 0 Å². The number of rotatable bonds is 7. The van der Waals surface area contributed by atoms with Gasteiger partial charge in [-0.3, -0.25) is 0 Å². The third-order valence-electron chi connectivity index (χ3n) is 3.86. The lowest BCUT2D eigenvalue weighted by atomic mass is 9.95. The molecule has 0 spiro atoms. The summed E-state index contributed by atoms with van der Waals surface area (Å²) in [6.45, 7) is 4.89. The molecule has 118 valence electrons. The number of benzene rings is 1. The molecule has 0 unspecified atom stereocenters. The zero-order valence-corrected chi connectivity index (χ0v) is 14.5. The van der Waals surface area contributed by atoms with Crippen molar-refractivity contribution in [1.29, 1.82) is 0 Å². The topological polar surface area (TPSA) is 22.1 Å². The molecule has 0 saturated carbocycles. The van der Waals surface area contributed by atoms with Crippen LogP contribution in [0.3, 0.4) is 0 Å². The van der Waals surface area contributed by atoms with Crippen LogP contribution in [0, 0.1) is 5.92 Å². The molecule has 22 heavy (non-hydrogen) atoms. The Hall–Kier alpha value is -1.25. The highest BCUT2D eigenvalue weighted by molar-refractivity contribution is 6.32. The Bertz CT molecular complexity index is 595.